The van der Waals surface area contributed by atoms with Crippen molar-refractivity contribution in [3.63, 3.8) is 0 Å². The number of furan rings is 1. The first-order valence-electron chi connectivity index (χ1n) is 10.4. The highest BCUT2D eigenvalue weighted by atomic mass is 16.5. The van der Waals surface area contributed by atoms with E-state index in [0.717, 1.165) is 47.2 Å². The minimum Gasteiger partial charge on any atom is -0.495 e. The lowest BCUT2D eigenvalue weighted by Crippen LogP contribution is -2.35. The number of ether oxygens (including phenoxy) is 1. The number of carbonyl (C=O) groups excluding carboxylic acids is 1. The predicted molar refractivity (Wildman–Crippen MR) is 121 cm³/mol. The van der Waals surface area contributed by atoms with Crippen LogP contribution in [0.5, 0.6) is 5.75 Å². The fraction of sp³-hybridized carbons (Fsp3) is 0.200. The van der Waals surface area contributed by atoms with Crippen LogP contribution in [0.15, 0.2) is 71.3 Å². The molecule has 1 saturated heterocycles. The van der Waals surface area contributed by atoms with Crippen LogP contribution in [0.25, 0.3) is 33.6 Å². The van der Waals surface area contributed by atoms with Crippen LogP contribution >= 0.6 is 0 Å². The van der Waals surface area contributed by atoms with Crippen LogP contribution in [0, 0.1) is 0 Å². The SMILES string of the molecule is COc1ccc(-c2cc3nccc(-c4ccccc4)c3o2)cc1NC(=O)[C@@H]1CCCN1. The van der Waals surface area contributed by atoms with Gasteiger partial charge in [-0.1, -0.05) is 30.3 Å². The third-order valence-electron chi connectivity index (χ3n) is 5.62. The van der Waals surface area contributed by atoms with Gasteiger partial charge in [0.25, 0.3) is 0 Å². The number of hydrogen-bond acceptors (Lipinski definition) is 5. The van der Waals surface area contributed by atoms with Crippen molar-refractivity contribution in [3.05, 3.63) is 66.9 Å². The van der Waals surface area contributed by atoms with Gasteiger partial charge in [-0.2, -0.15) is 0 Å². The van der Waals surface area contributed by atoms with Gasteiger partial charge in [0.15, 0.2) is 5.58 Å². The van der Waals surface area contributed by atoms with Crippen molar-refractivity contribution in [1.29, 1.82) is 0 Å². The van der Waals surface area contributed by atoms with Crippen LogP contribution in [-0.4, -0.2) is 30.6 Å². The van der Waals surface area contributed by atoms with Gasteiger partial charge >= 0.3 is 0 Å². The summed E-state index contributed by atoms with van der Waals surface area (Å²) in [6.45, 7) is 0.866. The quantitative estimate of drug-likeness (QED) is 0.489. The van der Waals surface area contributed by atoms with Gasteiger partial charge in [0.05, 0.1) is 18.8 Å². The molecule has 156 valence electrons. The van der Waals surface area contributed by atoms with Gasteiger partial charge in [0, 0.05) is 23.4 Å². The third-order valence-corrected chi connectivity index (χ3v) is 5.62. The van der Waals surface area contributed by atoms with E-state index in [0.29, 0.717) is 17.2 Å². The lowest BCUT2D eigenvalue weighted by molar-refractivity contribution is -0.117. The van der Waals surface area contributed by atoms with Crippen LogP contribution in [0.2, 0.25) is 0 Å². The molecule has 6 nitrogen and oxygen atoms in total. The number of nitrogens with one attached hydrogen (secondary N) is 2. The zero-order chi connectivity index (χ0) is 21.2. The summed E-state index contributed by atoms with van der Waals surface area (Å²) in [7, 11) is 1.59. The molecule has 1 amide bonds. The Kier molecular flexibility index (Phi) is 5.14. The topological polar surface area (TPSA) is 76.4 Å². The van der Waals surface area contributed by atoms with Gasteiger partial charge in [0.2, 0.25) is 5.91 Å². The van der Waals surface area contributed by atoms with Crippen LogP contribution in [0.3, 0.4) is 0 Å². The molecule has 0 radical (unpaired) electrons. The van der Waals surface area contributed by atoms with Crippen molar-refractivity contribution < 1.29 is 13.9 Å². The third kappa shape index (κ3) is 3.78. The van der Waals surface area contributed by atoms with E-state index in [4.69, 9.17) is 9.15 Å². The zero-order valence-corrected chi connectivity index (χ0v) is 17.2. The maximum Gasteiger partial charge on any atom is 0.241 e. The predicted octanol–water partition coefficient (Wildman–Crippen LogP) is 4.86. The average Bonchev–Trinajstić information content (AvgIpc) is 3.49. The van der Waals surface area contributed by atoms with Crippen molar-refractivity contribution in [2.24, 2.45) is 0 Å². The average molecular weight is 413 g/mol. The van der Waals surface area contributed by atoms with Crippen molar-refractivity contribution in [1.82, 2.24) is 10.3 Å². The second-order valence-corrected chi connectivity index (χ2v) is 7.60. The fourth-order valence-electron chi connectivity index (χ4n) is 4.01. The van der Waals surface area contributed by atoms with Crippen LogP contribution in [-0.2, 0) is 4.79 Å². The summed E-state index contributed by atoms with van der Waals surface area (Å²) in [6, 6.07) is 19.4. The number of amides is 1. The van der Waals surface area contributed by atoms with Crippen molar-refractivity contribution in [3.8, 4) is 28.2 Å². The Morgan fingerprint density at radius 3 is 2.77 bits per heavy atom. The molecule has 3 heterocycles. The van der Waals surface area contributed by atoms with Crippen LogP contribution in [0.4, 0.5) is 5.69 Å². The normalized spacial score (nSPS) is 15.8. The number of pyridine rings is 1. The van der Waals surface area contributed by atoms with Gasteiger partial charge in [-0.15, -0.1) is 0 Å². The standard InChI is InChI=1S/C25H23N3O3/c1-30-22-10-9-17(14-20(22)28-25(29)19-8-5-12-26-19)23-15-21-24(31-23)18(11-13-27-21)16-6-3-2-4-7-16/h2-4,6-7,9-11,13-15,19,26H,5,8,12H2,1H3,(H,28,29)/t19-/m0/s1. The molecule has 0 bridgehead atoms. The molecule has 1 fully saturated rings. The summed E-state index contributed by atoms with van der Waals surface area (Å²) in [5, 5.41) is 6.22. The van der Waals surface area contributed by atoms with Crippen molar-refractivity contribution in [2.75, 3.05) is 19.0 Å². The first kappa shape index (κ1) is 19.3. The molecule has 0 unspecified atom stereocenters. The molecule has 1 aliphatic heterocycles. The maximum atomic E-state index is 12.6. The van der Waals surface area contributed by atoms with E-state index in [-0.39, 0.29) is 11.9 Å². The molecule has 0 aliphatic carbocycles. The van der Waals surface area contributed by atoms with E-state index in [9.17, 15) is 4.79 Å². The molecule has 2 aromatic heterocycles. The van der Waals surface area contributed by atoms with E-state index in [1.165, 1.54) is 0 Å². The summed E-state index contributed by atoms with van der Waals surface area (Å²) in [6.07, 6.45) is 3.63. The molecule has 31 heavy (non-hydrogen) atoms. The Morgan fingerprint density at radius 2 is 2.00 bits per heavy atom. The largest absolute Gasteiger partial charge is 0.495 e. The maximum absolute atomic E-state index is 12.6. The summed E-state index contributed by atoms with van der Waals surface area (Å²) in [4.78, 5) is 17.1. The van der Waals surface area contributed by atoms with Crippen LogP contribution < -0.4 is 15.4 Å². The fourth-order valence-corrected chi connectivity index (χ4v) is 4.01. The van der Waals surface area contributed by atoms with E-state index < -0.39 is 0 Å². The number of anilines is 1. The van der Waals surface area contributed by atoms with Gasteiger partial charge in [-0.05, 0) is 49.2 Å². The highest BCUT2D eigenvalue weighted by Crippen LogP contribution is 2.36. The van der Waals surface area contributed by atoms with E-state index in [1.54, 1.807) is 13.3 Å². The van der Waals surface area contributed by atoms with E-state index in [1.807, 2.05) is 48.5 Å². The smallest absolute Gasteiger partial charge is 0.241 e. The number of carbonyl (C=O) groups is 1. The Labute approximate surface area is 180 Å². The lowest BCUT2D eigenvalue weighted by Gasteiger charge is -2.14. The van der Waals surface area contributed by atoms with Gasteiger partial charge in [-0.3, -0.25) is 9.78 Å². The number of nitrogens with zero attached hydrogens (tertiary/aromatic N) is 1. The van der Waals surface area contributed by atoms with Crippen LogP contribution in [0.1, 0.15) is 12.8 Å². The van der Waals surface area contributed by atoms with E-state index >= 15 is 0 Å². The van der Waals surface area contributed by atoms with E-state index in [2.05, 4.69) is 27.8 Å². The van der Waals surface area contributed by atoms with Gasteiger partial charge in [-0.25, -0.2) is 0 Å². The Balaban J connectivity index is 1.52. The number of aromatic nitrogens is 1. The second kappa shape index (κ2) is 8.24. The second-order valence-electron chi connectivity index (χ2n) is 7.60. The number of rotatable bonds is 5. The minimum atomic E-state index is -0.169. The Morgan fingerprint density at radius 1 is 1.13 bits per heavy atom. The number of benzene rings is 2. The highest BCUT2D eigenvalue weighted by Gasteiger charge is 2.23. The molecule has 1 atom stereocenters. The molecule has 2 aromatic carbocycles. The lowest BCUT2D eigenvalue weighted by atomic mass is 10.1. The zero-order valence-electron chi connectivity index (χ0n) is 17.2. The summed E-state index contributed by atoms with van der Waals surface area (Å²) in [5.41, 5.74) is 5.05. The molecule has 1 aliphatic rings. The molecular formula is C25H23N3O3. The van der Waals surface area contributed by atoms with Crippen molar-refractivity contribution >= 4 is 22.7 Å². The van der Waals surface area contributed by atoms with Gasteiger partial charge in [0.1, 0.15) is 17.0 Å². The van der Waals surface area contributed by atoms with Gasteiger partial charge < -0.3 is 19.8 Å². The Bertz CT molecular complexity index is 1230. The summed E-state index contributed by atoms with van der Waals surface area (Å²) in [5.74, 6) is 1.24. The number of hydrogen-bond donors (Lipinski definition) is 2. The monoisotopic (exact) mass is 413 g/mol. The van der Waals surface area contributed by atoms with Crippen molar-refractivity contribution in [2.45, 2.75) is 18.9 Å². The molecular weight excluding hydrogens is 390 g/mol. The number of fused-ring (bicyclic) bond motifs is 1. The number of methoxy groups -OCH3 is 1. The first-order valence-corrected chi connectivity index (χ1v) is 10.4. The highest BCUT2D eigenvalue weighted by molar-refractivity contribution is 5.97. The molecule has 2 N–H and O–H groups in total. The first-order chi connectivity index (χ1) is 15.2. The minimum absolute atomic E-state index is 0.0504. The molecule has 0 saturated carbocycles. The molecule has 6 heteroatoms. The molecule has 4 aromatic rings. The Hall–Kier alpha value is -3.64. The summed E-state index contributed by atoms with van der Waals surface area (Å²) < 4.78 is 11.7. The molecule has 5 rings (SSSR count). The summed E-state index contributed by atoms with van der Waals surface area (Å²) >= 11 is 0. The molecule has 0 spiro atoms.